The second-order valence-corrected chi connectivity index (χ2v) is 7.92. The molecule has 0 aromatic heterocycles. The lowest BCUT2D eigenvalue weighted by Crippen LogP contribution is -2.26. The lowest BCUT2D eigenvalue weighted by Gasteiger charge is -2.18. The van der Waals surface area contributed by atoms with Crippen LogP contribution >= 0.6 is 0 Å². The zero-order valence-corrected chi connectivity index (χ0v) is 17.8. The number of hydrogen-bond acceptors (Lipinski definition) is 5. The summed E-state index contributed by atoms with van der Waals surface area (Å²) in [5.41, 5.74) is 2.11. The highest BCUT2D eigenvalue weighted by atomic mass is 16.6. The lowest BCUT2D eigenvalue weighted by atomic mass is 10.2. The van der Waals surface area contributed by atoms with E-state index < -0.39 is 0 Å². The van der Waals surface area contributed by atoms with Crippen LogP contribution in [0.5, 0.6) is 0 Å². The zero-order valence-electron chi connectivity index (χ0n) is 17.8. The monoisotopic (exact) mass is 430 g/mol. The maximum atomic E-state index is 12.4. The molecule has 3 atom stereocenters. The van der Waals surface area contributed by atoms with Crippen molar-refractivity contribution in [3.63, 3.8) is 0 Å². The quantitative estimate of drug-likeness (QED) is 0.427. The van der Waals surface area contributed by atoms with Crippen LogP contribution in [0.1, 0.15) is 32.7 Å². The van der Waals surface area contributed by atoms with Crippen LogP contribution in [0, 0.1) is 11.8 Å². The first kappa shape index (κ1) is 21.8. The Morgan fingerprint density at radius 3 is 1.88 bits per heavy atom. The van der Waals surface area contributed by atoms with Crippen LogP contribution in [0.2, 0.25) is 0 Å². The van der Waals surface area contributed by atoms with Gasteiger partial charge in [0.25, 0.3) is 0 Å². The summed E-state index contributed by atoms with van der Waals surface area (Å²) in [5.74, 6) is -0.329. The third kappa shape index (κ3) is 6.05. The second kappa shape index (κ2) is 10.7. The largest absolute Gasteiger partial charge is 0.462 e. The van der Waals surface area contributed by atoms with E-state index in [-0.39, 0.29) is 36.5 Å². The van der Waals surface area contributed by atoms with Gasteiger partial charge in [-0.3, -0.25) is 0 Å². The number of carbonyl (C=O) groups excluding carboxylic acids is 2. The molecular weight excluding hydrogens is 404 g/mol. The second-order valence-electron chi connectivity index (χ2n) is 7.92. The molecule has 1 aliphatic rings. The van der Waals surface area contributed by atoms with Crippen molar-refractivity contribution < 1.29 is 23.8 Å². The Hall–Kier alpha value is -3.44. The molecule has 3 aromatic carbocycles. The van der Waals surface area contributed by atoms with Gasteiger partial charge >= 0.3 is 11.9 Å². The van der Waals surface area contributed by atoms with E-state index >= 15 is 0 Å². The molecule has 0 N–H and O–H groups in total. The molecule has 1 saturated carbocycles. The smallest absolute Gasteiger partial charge is 0.338 e. The highest BCUT2D eigenvalue weighted by Gasteiger charge is 2.45. The Balaban J connectivity index is 1.32. The molecule has 164 valence electrons. The normalized spacial score (nSPS) is 17.9. The maximum absolute atomic E-state index is 12.4. The summed E-state index contributed by atoms with van der Waals surface area (Å²) in [7, 11) is 0. The summed E-state index contributed by atoms with van der Waals surface area (Å²) in [6, 6.07) is 27.8. The van der Waals surface area contributed by atoms with Gasteiger partial charge in [-0.25, -0.2) is 9.59 Å². The molecule has 5 heteroatoms. The maximum Gasteiger partial charge on any atom is 0.338 e. The van der Waals surface area contributed by atoms with Gasteiger partial charge in [-0.05, 0) is 48.1 Å². The SMILES string of the molecule is O=C(OCC1CC1C(COC(=O)c1ccccc1)OCc1ccccc1)c1ccccc1. The molecule has 5 nitrogen and oxygen atoms in total. The number of carbonyl (C=O) groups is 2. The molecule has 1 fully saturated rings. The van der Waals surface area contributed by atoms with E-state index in [1.165, 1.54) is 0 Å². The van der Waals surface area contributed by atoms with Crippen molar-refractivity contribution in [2.75, 3.05) is 13.2 Å². The van der Waals surface area contributed by atoms with Crippen LogP contribution < -0.4 is 0 Å². The molecule has 32 heavy (non-hydrogen) atoms. The predicted octanol–water partition coefficient (Wildman–Crippen LogP) is 4.92. The standard InChI is InChI=1S/C27H26O5/c28-26(21-12-6-2-7-13-21)31-18-23-16-24(23)25(30-17-20-10-4-1-5-11-20)19-32-27(29)22-14-8-3-9-15-22/h1-15,23-25H,16-19H2. The van der Waals surface area contributed by atoms with Gasteiger partial charge in [-0.15, -0.1) is 0 Å². The molecule has 0 bridgehead atoms. The van der Waals surface area contributed by atoms with E-state index in [2.05, 4.69) is 0 Å². The lowest BCUT2D eigenvalue weighted by molar-refractivity contribution is -0.0293. The average molecular weight is 431 g/mol. The van der Waals surface area contributed by atoms with Crippen LogP contribution in [-0.2, 0) is 20.8 Å². The van der Waals surface area contributed by atoms with Crippen LogP contribution in [0.4, 0.5) is 0 Å². The number of esters is 2. The Kier molecular flexibility index (Phi) is 7.31. The van der Waals surface area contributed by atoms with Crippen molar-refractivity contribution in [3.8, 4) is 0 Å². The van der Waals surface area contributed by atoms with Gasteiger partial charge in [-0.1, -0.05) is 66.7 Å². The number of hydrogen-bond donors (Lipinski definition) is 0. The van der Waals surface area contributed by atoms with Gasteiger partial charge in [0, 0.05) is 0 Å². The van der Waals surface area contributed by atoms with Crippen molar-refractivity contribution in [2.24, 2.45) is 11.8 Å². The Morgan fingerprint density at radius 2 is 1.28 bits per heavy atom. The van der Waals surface area contributed by atoms with Crippen molar-refractivity contribution in [1.82, 2.24) is 0 Å². The number of rotatable bonds is 10. The minimum Gasteiger partial charge on any atom is -0.462 e. The fraction of sp³-hybridized carbons (Fsp3) is 0.259. The van der Waals surface area contributed by atoms with Gasteiger partial charge in [0.05, 0.1) is 30.4 Å². The zero-order chi connectivity index (χ0) is 22.2. The molecule has 0 spiro atoms. The van der Waals surface area contributed by atoms with Crippen LogP contribution in [0.15, 0.2) is 91.0 Å². The molecule has 0 heterocycles. The van der Waals surface area contributed by atoms with Gasteiger partial charge in [0.1, 0.15) is 6.61 Å². The minimum atomic E-state index is -0.369. The molecule has 0 radical (unpaired) electrons. The first-order valence-electron chi connectivity index (χ1n) is 10.8. The van der Waals surface area contributed by atoms with Gasteiger partial charge in [0.15, 0.2) is 0 Å². The number of ether oxygens (including phenoxy) is 3. The minimum absolute atomic E-state index is 0.161. The summed E-state index contributed by atoms with van der Waals surface area (Å²) in [6.07, 6.45) is 0.605. The summed E-state index contributed by atoms with van der Waals surface area (Å²) >= 11 is 0. The third-order valence-electron chi connectivity index (χ3n) is 5.59. The fourth-order valence-corrected chi connectivity index (χ4v) is 3.65. The van der Waals surface area contributed by atoms with E-state index in [0.29, 0.717) is 24.3 Å². The Labute approximate surface area is 187 Å². The van der Waals surface area contributed by atoms with Crippen molar-refractivity contribution in [1.29, 1.82) is 0 Å². The summed E-state index contributed by atoms with van der Waals surface area (Å²) in [5, 5.41) is 0. The Morgan fingerprint density at radius 1 is 0.750 bits per heavy atom. The van der Waals surface area contributed by atoms with Crippen LogP contribution in [-0.4, -0.2) is 31.3 Å². The van der Waals surface area contributed by atoms with Crippen LogP contribution in [0.3, 0.4) is 0 Å². The van der Waals surface area contributed by atoms with Gasteiger partial charge in [-0.2, -0.15) is 0 Å². The molecule has 3 unspecified atom stereocenters. The Bertz CT molecular complexity index is 1000. The highest BCUT2D eigenvalue weighted by Crippen LogP contribution is 2.43. The highest BCUT2D eigenvalue weighted by molar-refractivity contribution is 5.89. The molecule has 1 aliphatic carbocycles. The summed E-state index contributed by atoms with van der Waals surface area (Å²) in [6.45, 7) is 0.923. The van der Waals surface area contributed by atoms with E-state index in [4.69, 9.17) is 14.2 Å². The van der Waals surface area contributed by atoms with E-state index in [1.807, 2.05) is 54.6 Å². The first-order valence-corrected chi connectivity index (χ1v) is 10.8. The first-order chi connectivity index (χ1) is 15.7. The summed E-state index contributed by atoms with van der Waals surface area (Å²) in [4.78, 5) is 24.6. The van der Waals surface area contributed by atoms with Crippen molar-refractivity contribution >= 4 is 11.9 Å². The fourth-order valence-electron chi connectivity index (χ4n) is 3.65. The molecule has 0 saturated heterocycles. The van der Waals surface area contributed by atoms with Crippen molar-refractivity contribution in [3.05, 3.63) is 108 Å². The molecule has 3 aromatic rings. The van der Waals surface area contributed by atoms with Gasteiger partial charge < -0.3 is 14.2 Å². The van der Waals surface area contributed by atoms with Gasteiger partial charge in [0.2, 0.25) is 0 Å². The predicted molar refractivity (Wildman–Crippen MR) is 120 cm³/mol. The van der Waals surface area contributed by atoms with E-state index in [9.17, 15) is 9.59 Å². The van der Waals surface area contributed by atoms with E-state index in [0.717, 1.165) is 12.0 Å². The number of benzene rings is 3. The molecule has 0 amide bonds. The van der Waals surface area contributed by atoms with Crippen molar-refractivity contribution in [2.45, 2.75) is 19.1 Å². The molecule has 4 rings (SSSR count). The third-order valence-corrected chi connectivity index (χ3v) is 5.59. The summed E-state index contributed by atoms with van der Waals surface area (Å²) < 4.78 is 17.2. The topological polar surface area (TPSA) is 61.8 Å². The molecule has 0 aliphatic heterocycles. The molecular formula is C27H26O5. The van der Waals surface area contributed by atoms with Crippen LogP contribution in [0.25, 0.3) is 0 Å². The average Bonchev–Trinajstić information content (AvgIpc) is 3.63. The van der Waals surface area contributed by atoms with E-state index in [1.54, 1.807) is 36.4 Å².